The third-order valence-electron chi connectivity index (χ3n) is 6.81. The molecule has 0 N–H and O–H groups in total. The van der Waals surface area contributed by atoms with Crippen LogP contribution in [0, 0.1) is 44.4 Å². The molecule has 0 spiro atoms. The number of hydrogen-bond donors (Lipinski definition) is 0. The summed E-state index contributed by atoms with van der Waals surface area (Å²) in [6, 6.07) is 10.4. The van der Waals surface area contributed by atoms with Gasteiger partial charge in [-0.1, -0.05) is 29.8 Å². The van der Waals surface area contributed by atoms with Gasteiger partial charge in [0, 0.05) is 22.6 Å². The maximum absolute atomic E-state index is 12.9. The molecule has 2 aromatic rings. The minimum atomic E-state index is -0.219. The van der Waals surface area contributed by atoms with E-state index in [1.807, 2.05) is 19.9 Å². The van der Waals surface area contributed by atoms with Gasteiger partial charge in [0.25, 0.3) is 11.8 Å². The van der Waals surface area contributed by atoms with Gasteiger partial charge in [0.05, 0.1) is 18.1 Å². The van der Waals surface area contributed by atoms with Crippen LogP contribution in [0.1, 0.15) is 35.4 Å². The first-order valence-electron chi connectivity index (χ1n) is 10.3. The van der Waals surface area contributed by atoms with E-state index in [0.717, 1.165) is 40.5 Å². The molecule has 0 radical (unpaired) electrons. The van der Waals surface area contributed by atoms with Crippen LogP contribution in [-0.2, 0) is 9.59 Å². The Morgan fingerprint density at radius 1 is 0.931 bits per heavy atom. The summed E-state index contributed by atoms with van der Waals surface area (Å²) in [5.74, 6) is -0.335. The first-order valence-corrected chi connectivity index (χ1v) is 10.3. The SMILES string of the molecule is Cc1ccc(-n2c(C)cc(/C=N\N3C(=O)[C@H]4[C@H](C3=O)[C@H]3C=C[C@H]4CC3)c2C)cc1. The van der Waals surface area contributed by atoms with Crippen LogP contribution in [0.3, 0.4) is 0 Å². The third kappa shape index (κ3) is 2.71. The number of hydrazone groups is 1. The van der Waals surface area contributed by atoms with Crippen LogP contribution in [0.15, 0.2) is 47.6 Å². The molecule has 4 atom stereocenters. The Kier molecular flexibility index (Phi) is 4.09. The van der Waals surface area contributed by atoms with Crippen molar-refractivity contribution in [2.75, 3.05) is 0 Å². The van der Waals surface area contributed by atoms with Gasteiger partial charge < -0.3 is 4.57 Å². The van der Waals surface area contributed by atoms with Gasteiger partial charge in [-0.25, -0.2) is 0 Å². The number of carbonyl (C=O) groups is 2. The summed E-state index contributed by atoms with van der Waals surface area (Å²) in [6.07, 6.45) is 7.91. The van der Waals surface area contributed by atoms with Gasteiger partial charge >= 0.3 is 0 Å². The Balaban J connectivity index is 1.44. The summed E-state index contributed by atoms with van der Waals surface area (Å²) in [5, 5.41) is 5.50. The van der Waals surface area contributed by atoms with Crippen molar-refractivity contribution in [3.05, 3.63) is 65.0 Å². The van der Waals surface area contributed by atoms with E-state index in [2.05, 4.69) is 53.0 Å². The van der Waals surface area contributed by atoms with Crippen LogP contribution in [-0.4, -0.2) is 27.6 Å². The highest BCUT2D eigenvalue weighted by Gasteiger charge is 2.56. The monoisotopic (exact) mass is 387 g/mol. The van der Waals surface area contributed by atoms with E-state index in [9.17, 15) is 9.59 Å². The fraction of sp³-hybridized carbons (Fsp3) is 0.375. The molecule has 2 bridgehead atoms. The van der Waals surface area contributed by atoms with Crippen molar-refractivity contribution in [3.8, 4) is 5.69 Å². The molecule has 3 aliphatic carbocycles. The molecule has 2 heterocycles. The highest BCUT2D eigenvalue weighted by atomic mass is 16.2. The number of allylic oxidation sites excluding steroid dienone is 2. The number of amides is 2. The Labute approximate surface area is 170 Å². The zero-order chi connectivity index (χ0) is 20.3. The molecule has 6 rings (SSSR count). The molecule has 1 aliphatic heterocycles. The molecule has 1 aromatic heterocycles. The highest BCUT2D eigenvalue weighted by molar-refractivity contribution is 6.06. The number of nitrogens with zero attached hydrogens (tertiary/aromatic N) is 3. The topological polar surface area (TPSA) is 54.7 Å². The van der Waals surface area contributed by atoms with Gasteiger partial charge in [0.15, 0.2) is 0 Å². The van der Waals surface area contributed by atoms with E-state index in [1.165, 1.54) is 5.56 Å². The average molecular weight is 387 g/mol. The summed E-state index contributed by atoms with van der Waals surface area (Å²) in [5.41, 5.74) is 5.34. The van der Waals surface area contributed by atoms with E-state index < -0.39 is 0 Å². The lowest BCUT2D eigenvalue weighted by Gasteiger charge is -2.37. The molecule has 2 amide bonds. The Morgan fingerprint density at radius 2 is 1.52 bits per heavy atom. The molecule has 148 valence electrons. The van der Waals surface area contributed by atoms with E-state index in [-0.39, 0.29) is 35.5 Å². The largest absolute Gasteiger partial charge is 0.318 e. The number of hydrogen-bond acceptors (Lipinski definition) is 3. The van der Waals surface area contributed by atoms with Gasteiger partial charge in [-0.15, -0.1) is 0 Å². The van der Waals surface area contributed by atoms with E-state index in [1.54, 1.807) is 6.21 Å². The Bertz CT molecular complexity index is 1030. The third-order valence-corrected chi connectivity index (χ3v) is 6.81. The molecular formula is C24H25N3O2. The summed E-state index contributed by atoms with van der Waals surface area (Å²) in [6.45, 7) is 6.15. The van der Waals surface area contributed by atoms with Crippen molar-refractivity contribution < 1.29 is 9.59 Å². The maximum atomic E-state index is 12.9. The summed E-state index contributed by atoms with van der Waals surface area (Å²) < 4.78 is 2.17. The summed E-state index contributed by atoms with van der Waals surface area (Å²) in [4.78, 5) is 25.8. The van der Waals surface area contributed by atoms with Crippen LogP contribution in [0.5, 0.6) is 0 Å². The van der Waals surface area contributed by atoms with Gasteiger partial charge in [-0.3, -0.25) is 9.59 Å². The number of aryl methyl sites for hydroxylation is 2. The molecular weight excluding hydrogens is 362 g/mol. The van der Waals surface area contributed by atoms with Crippen LogP contribution >= 0.6 is 0 Å². The fourth-order valence-electron chi connectivity index (χ4n) is 5.30. The molecule has 0 unspecified atom stereocenters. The number of fused-ring (bicyclic) bond motifs is 1. The standard InChI is InChI=1S/C24H25N3O2/c1-14-4-10-20(11-5-14)26-15(2)12-19(16(26)3)13-25-27-23(28)21-17-6-7-18(9-8-17)22(21)24(27)29/h4-7,10-13,17-18,21-22H,8-9H2,1-3H3/b25-13-/t17-,18-,21+,22+/m0/s1. The number of carbonyl (C=O) groups excluding carboxylic acids is 2. The van der Waals surface area contributed by atoms with E-state index in [4.69, 9.17) is 0 Å². The van der Waals surface area contributed by atoms with Gasteiger partial charge in [-0.05, 0) is 63.6 Å². The minimum Gasteiger partial charge on any atom is -0.318 e. The highest BCUT2D eigenvalue weighted by Crippen LogP contribution is 2.49. The second-order valence-corrected chi connectivity index (χ2v) is 8.57. The number of imide groups is 1. The Hall–Kier alpha value is -2.95. The second kappa shape index (κ2) is 6.55. The normalized spacial score (nSPS) is 28.0. The zero-order valence-electron chi connectivity index (χ0n) is 17.0. The van der Waals surface area contributed by atoms with E-state index >= 15 is 0 Å². The lowest BCUT2D eigenvalue weighted by atomic mass is 9.63. The number of aromatic nitrogens is 1. The van der Waals surface area contributed by atoms with Crippen molar-refractivity contribution in [2.24, 2.45) is 28.8 Å². The average Bonchev–Trinajstić information content (AvgIpc) is 3.16. The molecule has 29 heavy (non-hydrogen) atoms. The number of benzene rings is 1. The molecule has 5 nitrogen and oxygen atoms in total. The zero-order valence-corrected chi connectivity index (χ0v) is 17.0. The number of rotatable bonds is 3. The van der Waals surface area contributed by atoms with Crippen LogP contribution in [0.4, 0.5) is 0 Å². The molecule has 1 aromatic carbocycles. The second-order valence-electron chi connectivity index (χ2n) is 8.57. The van der Waals surface area contributed by atoms with Crippen molar-refractivity contribution in [3.63, 3.8) is 0 Å². The van der Waals surface area contributed by atoms with Crippen molar-refractivity contribution in [1.82, 2.24) is 9.58 Å². The molecule has 4 aliphatic rings. The van der Waals surface area contributed by atoms with Crippen LogP contribution < -0.4 is 0 Å². The summed E-state index contributed by atoms with van der Waals surface area (Å²) in [7, 11) is 0. The van der Waals surface area contributed by atoms with Gasteiger partial charge in [0.1, 0.15) is 0 Å². The van der Waals surface area contributed by atoms with Crippen molar-refractivity contribution in [1.29, 1.82) is 0 Å². The lowest BCUT2D eigenvalue weighted by Crippen LogP contribution is -2.38. The quantitative estimate of drug-likeness (QED) is 0.455. The minimum absolute atomic E-state index is 0.136. The molecule has 1 saturated heterocycles. The Morgan fingerprint density at radius 3 is 2.07 bits per heavy atom. The first kappa shape index (κ1) is 18.1. The predicted octanol–water partition coefficient (Wildman–Crippen LogP) is 3.93. The predicted molar refractivity (Wildman–Crippen MR) is 112 cm³/mol. The van der Waals surface area contributed by atoms with E-state index in [0.29, 0.717) is 0 Å². The van der Waals surface area contributed by atoms with Crippen LogP contribution in [0.2, 0.25) is 0 Å². The summed E-state index contributed by atoms with van der Waals surface area (Å²) >= 11 is 0. The van der Waals surface area contributed by atoms with Crippen LogP contribution in [0.25, 0.3) is 5.69 Å². The van der Waals surface area contributed by atoms with Crippen molar-refractivity contribution >= 4 is 18.0 Å². The molecule has 5 heteroatoms. The maximum Gasteiger partial charge on any atom is 0.254 e. The fourth-order valence-corrected chi connectivity index (χ4v) is 5.30. The molecule has 1 saturated carbocycles. The van der Waals surface area contributed by atoms with Crippen molar-refractivity contribution in [2.45, 2.75) is 33.6 Å². The van der Waals surface area contributed by atoms with Gasteiger partial charge in [0.2, 0.25) is 0 Å². The van der Waals surface area contributed by atoms with Gasteiger partial charge in [-0.2, -0.15) is 10.1 Å². The molecule has 2 fully saturated rings. The lowest BCUT2D eigenvalue weighted by molar-refractivity contribution is -0.140. The smallest absolute Gasteiger partial charge is 0.254 e. The first-order chi connectivity index (χ1) is 14.0.